The van der Waals surface area contributed by atoms with E-state index in [-0.39, 0.29) is 50.8 Å². The second-order valence-corrected chi connectivity index (χ2v) is 7.12. The van der Waals surface area contributed by atoms with Gasteiger partial charge in [0, 0.05) is 50.8 Å². The van der Waals surface area contributed by atoms with Gasteiger partial charge in [0.2, 0.25) is 5.91 Å². The Morgan fingerprint density at radius 3 is 2.30 bits per heavy atom. The van der Waals surface area contributed by atoms with Gasteiger partial charge in [-0.1, -0.05) is 0 Å². The number of piperidine rings is 1. The van der Waals surface area contributed by atoms with Crippen LogP contribution in [0.5, 0.6) is 0 Å². The number of likely N-dealkylation sites (tertiary alicyclic amines) is 1. The molecular formula is C18H26N4O8. The summed E-state index contributed by atoms with van der Waals surface area (Å²) in [5.74, 6) is -0.616. The van der Waals surface area contributed by atoms with E-state index in [0.717, 1.165) is 4.57 Å². The van der Waals surface area contributed by atoms with Gasteiger partial charge in [-0.2, -0.15) is 0 Å². The number of hydrogen-bond donors (Lipinski definition) is 3. The van der Waals surface area contributed by atoms with E-state index in [1.807, 2.05) is 0 Å². The average molecular weight is 426 g/mol. The molecule has 12 heteroatoms. The van der Waals surface area contributed by atoms with Gasteiger partial charge in [0.05, 0.1) is 13.2 Å². The van der Waals surface area contributed by atoms with Crippen LogP contribution in [-0.4, -0.2) is 92.8 Å². The van der Waals surface area contributed by atoms with E-state index in [1.54, 1.807) is 11.8 Å². The fourth-order valence-electron chi connectivity index (χ4n) is 3.38. The van der Waals surface area contributed by atoms with Gasteiger partial charge in [0.15, 0.2) is 0 Å². The van der Waals surface area contributed by atoms with E-state index in [0.29, 0.717) is 31.9 Å². The zero-order chi connectivity index (χ0) is 22.3. The zero-order valence-corrected chi connectivity index (χ0v) is 16.7. The van der Waals surface area contributed by atoms with Gasteiger partial charge in [-0.3, -0.25) is 28.7 Å². The van der Waals surface area contributed by atoms with Gasteiger partial charge >= 0.3 is 5.69 Å². The van der Waals surface area contributed by atoms with Crippen LogP contribution in [0.2, 0.25) is 0 Å². The number of hydrogen-bond acceptors (Lipinski definition) is 7. The number of H-pyrrole nitrogens is 1. The Hall–Kier alpha value is -2.99. The lowest BCUT2D eigenvalue weighted by Gasteiger charge is -2.40. The SMILES string of the molecule is Cc1cn(CC(=O)N2CCC(O)(C(=O)N3CCOCC3)CC2)c(=O)[nH]c1=O.O=CO. The van der Waals surface area contributed by atoms with Gasteiger partial charge in [0.1, 0.15) is 12.1 Å². The van der Waals surface area contributed by atoms with Crippen molar-refractivity contribution in [2.24, 2.45) is 0 Å². The third-order valence-corrected chi connectivity index (χ3v) is 5.13. The van der Waals surface area contributed by atoms with E-state index in [9.17, 15) is 24.3 Å². The number of rotatable bonds is 3. The lowest BCUT2D eigenvalue weighted by molar-refractivity contribution is -0.162. The molecular weight excluding hydrogens is 400 g/mol. The summed E-state index contributed by atoms with van der Waals surface area (Å²) in [6.45, 7) is 3.38. The lowest BCUT2D eigenvalue weighted by atomic mass is 9.89. The summed E-state index contributed by atoms with van der Waals surface area (Å²) in [5, 5.41) is 17.6. The summed E-state index contributed by atoms with van der Waals surface area (Å²) in [5.41, 5.74) is -2.26. The quantitative estimate of drug-likeness (QED) is 0.457. The van der Waals surface area contributed by atoms with Crippen molar-refractivity contribution in [1.29, 1.82) is 0 Å². The molecule has 3 rings (SSSR count). The molecule has 3 heterocycles. The van der Waals surface area contributed by atoms with Crippen LogP contribution in [0.3, 0.4) is 0 Å². The molecule has 2 amide bonds. The predicted molar refractivity (Wildman–Crippen MR) is 103 cm³/mol. The number of carbonyl (C=O) groups is 3. The van der Waals surface area contributed by atoms with Crippen molar-refractivity contribution in [2.45, 2.75) is 31.9 Å². The number of aryl methyl sites for hydroxylation is 1. The maximum absolute atomic E-state index is 12.6. The second kappa shape index (κ2) is 10.2. The topological polar surface area (TPSA) is 162 Å². The van der Waals surface area contributed by atoms with E-state index in [1.165, 1.54) is 11.1 Å². The third kappa shape index (κ3) is 5.54. The highest BCUT2D eigenvalue weighted by Crippen LogP contribution is 2.25. The van der Waals surface area contributed by atoms with E-state index < -0.39 is 16.9 Å². The molecule has 2 aliphatic heterocycles. The van der Waals surface area contributed by atoms with Gasteiger partial charge in [-0.15, -0.1) is 0 Å². The van der Waals surface area contributed by atoms with Gasteiger partial charge in [-0.05, 0) is 6.92 Å². The largest absolute Gasteiger partial charge is 0.483 e. The summed E-state index contributed by atoms with van der Waals surface area (Å²) >= 11 is 0. The monoisotopic (exact) mass is 426 g/mol. The number of nitrogens with zero attached hydrogens (tertiary/aromatic N) is 3. The van der Waals surface area contributed by atoms with Crippen LogP contribution in [0.1, 0.15) is 18.4 Å². The minimum Gasteiger partial charge on any atom is -0.483 e. The highest BCUT2D eigenvalue weighted by atomic mass is 16.5. The van der Waals surface area contributed by atoms with Crippen LogP contribution >= 0.6 is 0 Å². The molecule has 166 valence electrons. The molecule has 0 aliphatic carbocycles. The fourth-order valence-corrected chi connectivity index (χ4v) is 3.38. The first-order valence-electron chi connectivity index (χ1n) is 9.47. The van der Waals surface area contributed by atoms with E-state index in [4.69, 9.17) is 14.6 Å². The summed E-state index contributed by atoms with van der Waals surface area (Å²) in [6, 6.07) is 0. The van der Waals surface area contributed by atoms with Crippen molar-refractivity contribution in [3.05, 3.63) is 32.6 Å². The number of carbonyl (C=O) groups excluding carboxylic acids is 2. The number of aromatic amines is 1. The molecule has 3 N–H and O–H groups in total. The van der Waals surface area contributed by atoms with Crippen molar-refractivity contribution in [3.8, 4) is 0 Å². The standard InChI is InChI=1S/C17H24N4O6.CH2O2/c1-12-10-21(16(25)18-14(12)23)11-13(22)19-4-2-17(26,3-5-19)15(24)20-6-8-27-9-7-20;2-1-3/h10,26H,2-9,11H2,1H3,(H,18,23,25);1H,(H,2,3). The molecule has 2 saturated heterocycles. The Kier molecular flexibility index (Phi) is 7.89. The van der Waals surface area contributed by atoms with Crippen LogP contribution in [0.4, 0.5) is 0 Å². The van der Waals surface area contributed by atoms with Crippen molar-refractivity contribution >= 4 is 18.3 Å². The number of nitrogens with one attached hydrogen (secondary N) is 1. The summed E-state index contributed by atoms with van der Waals surface area (Å²) in [4.78, 5) is 61.9. The second-order valence-electron chi connectivity index (χ2n) is 7.12. The predicted octanol–water partition coefficient (Wildman–Crippen LogP) is -2.24. The molecule has 30 heavy (non-hydrogen) atoms. The summed E-state index contributed by atoms with van der Waals surface area (Å²) < 4.78 is 6.37. The Morgan fingerprint density at radius 1 is 1.17 bits per heavy atom. The fraction of sp³-hybridized carbons (Fsp3) is 0.611. The molecule has 0 bridgehead atoms. The number of aromatic nitrogens is 2. The number of amides is 2. The number of ether oxygens (including phenoxy) is 1. The molecule has 1 aromatic heterocycles. The minimum absolute atomic E-state index is 0.147. The normalized spacial score (nSPS) is 18.2. The minimum atomic E-state index is -1.47. The highest BCUT2D eigenvalue weighted by Gasteiger charge is 2.43. The molecule has 1 aromatic rings. The van der Waals surface area contributed by atoms with Crippen molar-refractivity contribution < 1.29 is 29.3 Å². The molecule has 0 unspecified atom stereocenters. The summed E-state index contributed by atoms with van der Waals surface area (Å²) in [6.07, 6.45) is 1.64. The maximum Gasteiger partial charge on any atom is 0.328 e. The van der Waals surface area contributed by atoms with Crippen LogP contribution in [0, 0.1) is 6.92 Å². The Morgan fingerprint density at radius 2 is 1.73 bits per heavy atom. The van der Waals surface area contributed by atoms with Gasteiger partial charge < -0.3 is 24.7 Å². The van der Waals surface area contributed by atoms with Crippen LogP contribution in [0.25, 0.3) is 0 Å². The Balaban J connectivity index is 0.00000101. The van der Waals surface area contributed by atoms with Crippen LogP contribution in [0.15, 0.2) is 15.8 Å². The highest BCUT2D eigenvalue weighted by molar-refractivity contribution is 5.85. The van der Waals surface area contributed by atoms with Crippen molar-refractivity contribution in [2.75, 3.05) is 39.4 Å². The Labute approximate surface area is 171 Å². The van der Waals surface area contributed by atoms with Gasteiger partial charge in [0.25, 0.3) is 17.9 Å². The molecule has 0 atom stereocenters. The van der Waals surface area contributed by atoms with Crippen LogP contribution < -0.4 is 11.2 Å². The molecule has 2 fully saturated rings. The molecule has 12 nitrogen and oxygen atoms in total. The number of morpholine rings is 1. The average Bonchev–Trinajstić information content (AvgIpc) is 2.73. The van der Waals surface area contributed by atoms with Crippen molar-refractivity contribution in [1.82, 2.24) is 19.4 Å². The van der Waals surface area contributed by atoms with Crippen LogP contribution in [-0.2, 0) is 25.7 Å². The molecule has 0 aromatic carbocycles. The maximum atomic E-state index is 12.6. The number of carboxylic acid groups (broad SMARTS) is 1. The van der Waals surface area contributed by atoms with Crippen molar-refractivity contribution in [3.63, 3.8) is 0 Å². The first kappa shape index (κ1) is 23.3. The van der Waals surface area contributed by atoms with E-state index in [2.05, 4.69) is 4.98 Å². The molecule has 0 radical (unpaired) electrons. The first-order valence-corrected chi connectivity index (χ1v) is 9.47. The molecule has 0 saturated carbocycles. The first-order chi connectivity index (χ1) is 14.2. The molecule has 0 spiro atoms. The zero-order valence-electron chi connectivity index (χ0n) is 16.7. The van der Waals surface area contributed by atoms with E-state index >= 15 is 0 Å². The third-order valence-electron chi connectivity index (χ3n) is 5.13. The van der Waals surface area contributed by atoms with Gasteiger partial charge in [-0.25, -0.2) is 4.79 Å². The smallest absolute Gasteiger partial charge is 0.328 e. The Bertz CT molecular complexity index is 879. The summed E-state index contributed by atoms with van der Waals surface area (Å²) in [7, 11) is 0. The lowest BCUT2D eigenvalue weighted by Crippen LogP contribution is -2.57. The molecule has 2 aliphatic rings. The number of aliphatic hydroxyl groups is 1.